The molecular formula is C6H11NO5. The molecule has 1 saturated heterocycles. The standard InChI is InChI=1S/C6H11NO5/c7-3-5(10)4(9)2(1-8)12-6(3)11/h2-4,6,8-9,11H,1,7H2/t2-,3-,4-,6+/m0/s1. The van der Waals surface area contributed by atoms with Crippen molar-refractivity contribution in [2.24, 2.45) is 5.73 Å². The maximum atomic E-state index is 11.0. The van der Waals surface area contributed by atoms with E-state index in [-0.39, 0.29) is 0 Å². The Bertz CT molecular complexity index is 185. The van der Waals surface area contributed by atoms with Crippen LogP contribution in [0.1, 0.15) is 0 Å². The third kappa shape index (κ3) is 1.47. The fourth-order valence-electron chi connectivity index (χ4n) is 1.00. The molecule has 12 heavy (non-hydrogen) atoms. The second-order valence-electron chi connectivity index (χ2n) is 2.62. The average Bonchev–Trinajstić information content (AvgIpc) is 2.08. The number of carbonyl (C=O) groups excluding carboxylic acids is 1. The second kappa shape index (κ2) is 3.46. The Morgan fingerprint density at radius 1 is 1.50 bits per heavy atom. The van der Waals surface area contributed by atoms with E-state index in [0.717, 1.165) is 0 Å². The largest absolute Gasteiger partial charge is 0.394 e. The zero-order valence-electron chi connectivity index (χ0n) is 6.25. The summed E-state index contributed by atoms with van der Waals surface area (Å²) in [6, 6.07) is -1.23. The van der Waals surface area contributed by atoms with Crippen LogP contribution in [0.2, 0.25) is 0 Å². The predicted octanol–water partition coefficient (Wildman–Crippen LogP) is -3.05. The van der Waals surface area contributed by atoms with Gasteiger partial charge in [0.1, 0.15) is 18.2 Å². The van der Waals surface area contributed by atoms with Crippen molar-refractivity contribution in [3.8, 4) is 0 Å². The number of aliphatic hydroxyl groups excluding tert-OH is 3. The molecule has 1 rings (SSSR count). The van der Waals surface area contributed by atoms with Crippen LogP contribution in [0.15, 0.2) is 0 Å². The van der Waals surface area contributed by atoms with E-state index < -0.39 is 36.9 Å². The Morgan fingerprint density at radius 3 is 2.58 bits per heavy atom. The summed E-state index contributed by atoms with van der Waals surface area (Å²) < 4.78 is 4.64. The van der Waals surface area contributed by atoms with Crippen molar-refractivity contribution < 1.29 is 24.9 Å². The van der Waals surface area contributed by atoms with Crippen LogP contribution >= 0.6 is 0 Å². The zero-order chi connectivity index (χ0) is 9.30. The molecule has 0 radical (unpaired) electrons. The fourth-order valence-corrected chi connectivity index (χ4v) is 1.00. The first-order chi connectivity index (χ1) is 5.57. The van der Waals surface area contributed by atoms with Gasteiger partial charge in [0.15, 0.2) is 12.1 Å². The molecule has 1 fully saturated rings. The molecule has 4 atom stereocenters. The van der Waals surface area contributed by atoms with Crippen molar-refractivity contribution in [1.82, 2.24) is 0 Å². The molecule has 0 aromatic heterocycles. The topological polar surface area (TPSA) is 113 Å². The van der Waals surface area contributed by atoms with Crippen LogP contribution in [0.5, 0.6) is 0 Å². The van der Waals surface area contributed by atoms with Crippen molar-refractivity contribution in [1.29, 1.82) is 0 Å². The van der Waals surface area contributed by atoms with E-state index in [4.69, 9.17) is 21.1 Å². The van der Waals surface area contributed by atoms with E-state index in [1.54, 1.807) is 0 Å². The lowest BCUT2D eigenvalue weighted by molar-refractivity contribution is -0.211. The van der Waals surface area contributed by atoms with Gasteiger partial charge in [-0.25, -0.2) is 0 Å². The highest BCUT2D eigenvalue weighted by Crippen LogP contribution is 2.13. The van der Waals surface area contributed by atoms with Crippen molar-refractivity contribution >= 4 is 5.78 Å². The fraction of sp³-hybridized carbons (Fsp3) is 0.833. The molecule has 0 bridgehead atoms. The molecule has 0 amide bonds. The van der Waals surface area contributed by atoms with E-state index in [1.165, 1.54) is 0 Å². The van der Waals surface area contributed by atoms with E-state index in [0.29, 0.717) is 0 Å². The molecule has 1 aliphatic heterocycles. The number of carbonyl (C=O) groups is 1. The average molecular weight is 177 g/mol. The Labute approximate surface area is 68.6 Å². The summed E-state index contributed by atoms with van der Waals surface area (Å²) >= 11 is 0. The molecule has 0 aromatic rings. The van der Waals surface area contributed by atoms with Crippen molar-refractivity contribution in [3.05, 3.63) is 0 Å². The zero-order valence-corrected chi connectivity index (χ0v) is 6.25. The first-order valence-electron chi connectivity index (χ1n) is 3.49. The van der Waals surface area contributed by atoms with Crippen molar-refractivity contribution in [2.75, 3.05) is 6.61 Å². The van der Waals surface area contributed by atoms with Gasteiger partial charge in [-0.2, -0.15) is 0 Å². The summed E-state index contributed by atoms with van der Waals surface area (Å²) in [6.45, 7) is -0.531. The van der Waals surface area contributed by atoms with Gasteiger partial charge in [-0.1, -0.05) is 0 Å². The molecule has 1 heterocycles. The summed E-state index contributed by atoms with van der Waals surface area (Å²) in [4.78, 5) is 11.0. The van der Waals surface area contributed by atoms with E-state index in [2.05, 4.69) is 4.74 Å². The van der Waals surface area contributed by atoms with Gasteiger partial charge < -0.3 is 25.8 Å². The van der Waals surface area contributed by atoms with E-state index in [9.17, 15) is 4.79 Å². The Morgan fingerprint density at radius 2 is 2.08 bits per heavy atom. The molecule has 1 aliphatic rings. The first kappa shape index (κ1) is 9.56. The van der Waals surface area contributed by atoms with Crippen LogP contribution in [0.25, 0.3) is 0 Å². The minimum Gasteiger partial charge on any atom is -0.394 e. The lowest BCUT2D eigenvalue weighted by atomic mass is 10.00. The number of aliphatic hydroxyl groups is 3. The van der Waals surface area contributed by atoms with Crippen LogP contribution in [0.4, 0.5) is 0 Å². The number of Topliss-reactive ketones (excluding diaryl/α,β-unsaturated/α-hetero) is 1. The molecule has 0 saturated carbocycles. The summed E-state index contributed by atoms with van der Waals surface area (Å²) in [7, 11) is 0. The first-order valence-corrected chi connectivity index (χ1v) is 3.49. The molecule has 70 valence electrons. The number of ketones is 1. The minimum absolute atomic E-state index is 0.531. The maximum Gasteiger partial charge on any atom is 0.185 e. The van der Waals surface area contributed by atoms with Gasteiger partial charge in [-0.05, 0) is 0 Å². The number of hydrogen-bond donors (Lipinski definition) is 4. The quantitative estimate of drug-likeness (QED) is 0.338. The third-order valence-corrected chi connectivity index (χ3v) is 1.77. The summed E-state index contributed by atoms with van der Waals surface area (Å²) in [5.41, 5.74) is 5.16. The van der Waals surface area contributed by atoms with Crippen LogP contribution in [0, 0.1) is 0 Å². The smallest absolute Gasteiger partial charge is 0.185 e. The number of hydrogen-bond acceptors (Lipinski definition) is 6. The minimum atomic E-state index is -1.45. The highest BCUT2D eigenvalue weighted by Gasteiger charge is 2.41. The maximum absolute atomic E-state index is 11.0. The Kier molecular flexibility index (Phi) is 2.76. The molecule has 6 nitrogen and oxygen atoms in total. The summed E-state index contributed by atoms with van der Waals surface area (Å²) in [6.07, 6.45) is -3.97. The molecule has 5 N–H and O–H groups in total. The van der Waals surface area contributed by atoms with Crippen LogP contribution < -0.4 is 5.73 Å². The van der Waals surface area contributed by atoms with Crippen LogP contribution in [-0.2, 0) is 9.53 Å². The lowest BCUT2D eigenvalue weighted by Crippen LogP contribution is -2.59. The highest BCUT2D eigenvalue weighted by atomic mass is 16.6. The third-order valence-electron chi connectivity index (χ3n) is 1.77. The number of ether oxygens (including phenoxy) is 1. The molecular weight excluding hydrogens is 166 g/mol. The molecule has 0 aliphatic carbocycles. The number of nitrogens with two attached hydrogens (primary N) is 1. The van der Waals surface area contributed by atoms with Crippen LogP contribution in [-0.4, -0.2) is 52.2 Å². The Balaban J connectivity index is 2.70. The molecule has 0 spiro atoms. The second-order valence-corrected chi connectivity index (χ2v) is 2.62. The van der Waals surface area contributed by atoms with Gasteiger partial charge in [0, 0.05) is 0 Å². The summed E-state index contributed by atoms with van der Waals surface area (Å²) in [5.74, 6) is -0.715. The van der Waals surface area contributed by atoms with Crippen LogP contribution in [0.3, 0.4) is 0 Å². The molecule has 0 aromatic carbocycles. The van der Waals surface area contributed by atoms with Gasteiger partial charge >= 0.3 is 0 Å². The van der Waals surface area contributed by atoms with E-state index >= 15 is 0 Å². The lowest BCUT2D eigenvalue weighted by Gasteiger charge is -2.32. The van der Waals surface area contributed by atoms with Crippen molar-refractivity contribution in [3.63, 3.8) is 0 Å². The highest BCUT2D eigenvalue weighted by molar-refractivity contribution is 5.89. The van der Waals surface area contributed by atoms with E-state index in [1.807, 2.05) is 0 Å². The monoisotopic (exact) mass is 177 g/mol. The molecule has 0 unspecified atom stereocenters. The van der Waals surface area contributed by atoms with Gasteiger partial charge in [-0.15, -0.1) is 0 Å². The normalized spacial score (nSPS) is 43.2. The van der Waals surface area contributed by atoms with Gasteiger partial charge in [0.05, 0.1) is 6.61 Å². The van der Waals surface area contributed by atoms with Gasteiger partial charge in [-0.3, -0.25) is 4.79 Å². The number of rotatable bonds is 1. The SMILES string of the molecule is N[C@H]1C(=O)[C@@H](O)[C@H](CO)O[C@H]1O. The Hall–Kier alpha value is -0.530. The van der Waals surface area contributed by atoms with Crippen molar-refractivity contribution in [2.45, 2.75) is 24.5 Å². The predicted molar refractivity (Wildman–Crippen MR) is 37.0 cm³/mol. The summed E-state index contributed by atoms with van der Waals surface area (Å²) in [5, 5.41) is 26.7. The van der Waals surface area contributed by atoms with Gasteiger partial charge in [0.25, 0.3) is 0 Å². The molecule has 6 heteroatoms. The van der Waals surface area contributed by atoms with Gasteiger partial charge in [0.2, 0.25) is 0 Å².